The van der Waals surface area contributed by atoms with E-state index < -0.39 is 6.16 Å². The molecule has 6 nitrogen and oxygen atoms in total. The predicted octanol–water partition coefficient (Wildman–Crippen LogP) is 3.14. The summed E-state index contributed by atoms with van der Waals surface area (Å²) < 4.78 is 5.36. The van der Waals surface area contributed by atoms with Crippen molar-refractivity contribution >= 4 is 12.1 Å². The van der Waals surface area contributed by atoms with Gasteiger partial charge < -0.3 is 20.3 Å². The van der Waals surface area contributed by atoms with Crippen LogP contribution in [0.25, 0.3) is 0 Å². The Morgan fingerprint density at radius 1 is 1.17 bits per heavy atom. The summed E-state index contributed by atoms with van der Waals surface area (Å²) in [4.78, 5) is 20.7. The van der Waals surface area contributed by atoms with Crippen molar-refractivity contribution in [2.45, 2.75) is 58.1 Å². The summed E-state index contributed by atoms with van der Waals surface area (Å²) in [5.41, 5.74) is 3.53. The van der Waals surface area contributed by atoms with Gasteiger partial charge in [-0.3, -0.25) is 4.79 Å². The fraction of sp³-hybridized carbons (Fsp3) is 0.556. The van der Waals surface area contributed by atoms with Crippen molar-refractivity contribution in [2.75, 3.05) is 7.11 Å². The number of methoxy groups -OCH3 is 1. The van der Waals surface area contributed by atoms with Crippen molar-refractivity contribution in [3.05, 3.63) is 34.9 Å². The van der Waals surface area contributed by atoms with E-state index in [0.29, 0.717) is 18.6 Å². The monoisotopic (exact) mass is 337 g/mol. The molecule has 2 rings (SSSR count). The first-order chi connectivity index (χ1) is 11.3. The van der Waals surface area contributed by atoms with E-state index in [-0.39, 0.29) is 5.91 Å². The van der Waals surface area contributed by atoms with Crippen molar-refractivity contribution in [1.82, 2.24) is 5.32 Å². The molecule has 1 aliphatic rings. The first-order valence-corrected chi connectivity index (χ1v) is 8.12. The van der Waals surface area contributed by atoms with E-state index in [0.717, 1.165) is 31.2 Å². The summed E-state index contributed by atoms with van der Waals surface area (Å²) in [6.45, 7) is 4.12. The van der Waals surface area contributed by atoms with Crippen LogP contribution in [-0.2, 0) is 16.0 Å². The third kappa shape index (κ3) is 7.46. The zero-order valence-corrected chi connectivity index (χ0v) is 14.5. The average molecular weight is 337 g/mol. The van der Waals surface area contributed by atoms with Crippen molar-refractivity contribution < 1.29 is 24.5 Å². The number of carbonyl (C=O) groups is 2. The molecule has 1 aromatic carbocycles. The molecule has 24 heavy (non-hydrogen) atoms. The van der Waals surface area contributed by atoms with E-state index in [1.165, 1.54) is 11.1 Å². The van der Waals surface area contributed by atoms with Gasteiger partial charge in [0.25, 0.3) is 0 Å². The molecule has 6 heteroatoms. The van der Waals surface area contributed by atoms with Crippen LogP contribution in [0.3, 0.4) is 0 Å². The number of benzene rings is 1. The first kappa shape index (κ1) is 20.0. The molecule has 1 aliphatic carbocycles. The van der Waals surface area contributed by atoms with Gasteiger partial charge in [0.2, 0.25) is 5.91 Å². The van der Waals surface area contributed by atoms with Crippen LogP contribution in [0.2, 0.25) is 0 Å². The zero-order valence-electron chi connectivity index (χ0n) is 14.5. The largest absolute Gasteiger partial charge is 0.503 e. The zero-order chi connectivity index (χ0) is 18.1. The number of rotatable bonds is 4. The van der Waals surface area contributed by atoms with Crippen LogP contribution in [0.1, 0.15) is 42.4 Å². The van der Waals surface area contributed by atoms with Gasteiger partial charge >= 0.3 is 6.16 Å². The van der Waals surface area contributed by atoms with Crippen LogP contribution in [0.15, 0.2) is 18.2 Å². The minimum absolute atomic E-state index is 0.138. The summed E-state index contributed by atoms with van der Waals surface area (Å²) in [6.07, 6.45) is 3.17. The van der Waals surface area contributed by atoms with E-state index in [4.69, 9.17) is 19.7 Å². The fourth-order valence-corrected chi connectivity index (χ4v) is 2.89. The second kappa shape index (κ2) is 9.93. The van der Waals surface area contributed by atoms with Gasteiger partial charge in [-0.15, -0.1) is 0 Å². The highest BCUT2D eigenvalue weighted by molar-refractivity contribution is 5.79. The Bertz CT molecular complexity index is 546. The molecule has 1 amide bonds. The smallest absolute Gasteiger partial charge is 0.450 e. The molecule has 0 atom stereocenters. The molecule has 0 heterocycles. The maximum absolute atomic E-state index is 12.2. The van der Waals surface area contributed by atoms with Gasteiger partial charge in [0.15, 0.2) is 0 Å². The normalized spacial score (nSPS) is 19.8. The van der Waals surface area contributed by atoms with Gasteiger partial charge in [-0.05, 0) is 50.7 Å². The molecule has 1 aromatic rings. The second-order valence-electron chi connectivity index (χ2n) is 6.17. The molecule has 1 fully saturated rings. The van der Waals surface area contributed by atoms with Gasteiger partial charge in [0, 0.05) is 13.2 Å². The molecule has 0 radical (unpaired) electrons. The van der Waals surface area contributed by atoms with Crippen LogP contribution in [0.4, 0.5) is 4.79 Å². The van der Waals surface area contributed by atoms with E-state index in [1.54, 1.807) is 7.11 Å². The lowest BCUT2D eigenvalue weighted by Crippen LogP contribution is -2.39. The SMILES string of the molecule is CO[C@H]1CC[C@@H](NC(=O)Cc2cc(C)ccc2C)CC1.O=C(O)O. The molecular weight excluding hydrogens is 310 g/mol. The number of ether oxygens (including phenoxy) is 1. The Labute approximate surface area is 142 Å². The Morgan fingerprint density at radius 2 is 1.75 bits per heavy atom. The van der Waals surface area contributed by atoms with Gasteiger partial charge in [0.05, 0.1) is 12.5 Å². The lowest BCUT2D eigenvalue weighted by molar-refractivity contribution is -0.121. The van der Waals surface area contributed by atoms with Gasteiger partial charge in [0.1, 0.15) is 0 Å². The molecule has 0 spiro atoms. The van der Waals surface area contributed by atoms with E-state index >= 15 is 0 Å². The van der Waals surface area contributed by atoms with Crippen molar-refractivity contribution in [2.24, 2.45) is 0 Å². The van der Waals surface area contributed by atoms with Crippen molar-refractivity contribution in [3.8, 4) is 0 Å². The number of carboxylic acid groups (broad SMARTS) is 2. The molecular formula is C18H27NO5. The lowest BCUT2D eigenvalue weighted by atomic mass is 9.92. The second-order valence-corrected chi connectivity index (χ2v) is 6.17. The highest BCUT2D eigenvalue weighted by Gasteiger charge is 2.22. The number of hydrogen-bond acceptors (Lipinski definition) is 3. The number of carbonyl (C=O) groups excluding carboxylic acids is 1. The third-order valence-corrected chi connectivity index (χ3v) is 4.23. The Morgan fingerprint density at radius 3 is 2.29 bits per heavy atom. The van der Waals surface area contributed by atoms with Crippen LogP contribution in [0, 0.1) is 13.8 Å². The molecule has 0 aromatic heterocycles. The Kier molecular flexibility index (Phi) is 8.26. The third-order valence-electron chi connectivity index (χ3n) is 4.23. The molecule has 0 unspecified atom stereocenters. The highest BCUT2D eigenvalue weighted by atomic mass is 16.6. The quantitative estimate of drug-likeness (QED) is 0.784. The molecule has 0 aliphatic heterocycles. The Hall–Kier alpha value is -2.08. The van der Waals surface area contributed by atoms with Gasteiger partial charge in [-0.25, -0.2) is 4.79 Å². The van der Waals surface area contributed by atoms with Crippen molar-refractivity contribution in [3.63, 3.8) is 0 Å². The summed E-state index contributed by atoms with van der Waals surface area (Å²) in [5.74, 6) is 0.138. The molecule has 1 saturated carbocycles. The van der Waals surface area contributed by atoms with Crippen LogP contribution >= 0.6 is 0 Å². The molecule has 0 bridgehead atoms. The topological polar surface area (TPSA) is 95.9 Å². The molecule has 3 N–H and O–H groups in total. The highest BCUT2D eigenvalue weighted by Crippen LogP contribution is 2.21. The van der Waals surface area contributed by atoms with Crippen LogP contribution < -0.4 is 5.32 Å². The fourth-order valence-electron chi connectivity index (χ4n) is 2.89. The standard InChI is InChI=1S/C17H25NO2.CH2O3/c1-12-4-5-13(2)14(10-12)11-17(19)18-15-6-8-16(20-3)9-7-15;2-1(3)4/h4-5,10,15-16H,6-9,11H2,1-3H3,(H,18,19);(H2,2,3,4)/t15-,16+;. The van der Waals surface area contributed by atoms with Crippen LogP contribution in [-0.4, -0.2) is 41.5 Å². The number of aryl methyl sites for hydroxylation is 2. The van der Waals surface area contributed by atoms with E-state index in [1.807, 2.05) is 0 Å². The first-order valence-electron chi connectivity index (χ1n) is 8.12. The number of amides is 1. The summed E-state index contributed by atoms with van der Waals surface area (Å²) in [7, 11) is 1.77. The van der Waals surface area contributed by atoms with Gasteiger partial charge in [-0.1, -0.05) is 23.8 Å². The maximum Gasteiger partial charge on any atom is 0.503 e. The maximum atomic E-state index is 12.2. The van der Waals surface area contributed by atoms with Crippen LogP contribution in [0.5, 0.6) is 0 Å². The van der Waals surface area contributed by atoms with E-state index in [2.05, 4.69) is 37.4 Å². The van der Waals surface area contributed by atoms with E-state index in [9.17, 15) is 4.79 Å². The summed E-state index contributed by atoms with van der Waals surface area (Å²) in [5, 5.41) is 17.1. The number of nitrogens with one attached hydrogen (secondary N) is 1. The van der Waals surface area contributed by atoms with Crippen molar-refractivity contribution in [1.29, 1.82) is 0 Å². The van der Waals surface area contributed by atoms with Gasteiger partial charge in [-0.2, -0.15) is 0 Å². The molecule has 134 valence electrons. The minimum atomic E-state index is -1.83. The lowest BCUT2D eigenvalue weighted by Gasteiger charge is -2.28. The average Bonchev–Trinajstić information content (AvgIpc) is 2.51. The molecule has 0 saturated heterocycles. The number of hydrogen-bond donors (Lipinski definition) is 3. The summed E-state index contributed by atoms with van der Waals surface area (Å²) in [6, 6.07) is 6.60. The predicted molar refractivity (Wildman–Crippen MR) is 91.5 cm³/mol. The summed E-state index contributed by atoms with van der Waals surface area (Å²) >= 11 is 0. The minimum Gasteiger partial charge on any atom is -0.450 e. The Balaban J connectivity index is 0.000000648.